The van der Waals surface area contributed by atoms with Gasteiger partial charge in [0, 0.05) is 12.3 Å². The van der Waals surface area contributed by atoms with Crippen LogP contribution in [0, 0.1) is 5.92 Å². The van der Waals surface area contributed by atoms with Crippen LogP contribution in [0.4, 0.5) is 0 Å². The van der Waals surface area contributed by atoms with Gasteiger partial charge in [-0.25, -0.2) is 4.79 Å². The van der Waals surface area contributed by atoms with E-state index in [1.807, 2.05) is 0 Å². The second kappa shape index (κ2) is 5.02. The minimum absolute atomic E-state index is 0.409. The lowest BCUT2D eigenvalue weighted by Crippen LogP contribution is -2.36. The molecule has 0 spiro atoms. The predicted octanol–water partition coefficient (Wildman–Crippen LogP) is -2.60. The number of nitrogens with one attached hydrogen (secondary N) is 1. The zero-order valence-electron chi connectivity index (χ0n) is 9.39. The van der Waals surface area contributed by atoms with Crippen molar-refractivity contribution in [2.24, 2.45) is 5.92 Å². The zero-order valence-corrected chi connectivity index (χ0v) is 9.39. The SMILES string of the molecule is O=c1ccn([C@@H]2O[C@H](CO)C(O)C2CO)c(=O)[nH]1. The number of aromatic nitrogens is 2. The molecule has 0 radical (unpaired) electrons. The van der Waals surface area contributed by atoms with Crippen molar-refractivity contribution >= 4 is 0 Å². The fourth-order valence-electron chi connectivity index (χ4n) is 2.05. The number of aliphatic hydroxyl groups is 3. The van der Waals surface area contributed by atoms with E-state index >= 15 is 0 Å². The molecule has 0 saturated carbocycles. The zero-order chi connectivity index (χ0) is 13.3. The summed E-state index contributed by atoms with van der Waals surface area (Å²) in [7, 11) is 0. The fourth-order valence-corrected chi connectivity index (χ4v) is 2.05. The van der Waals surface area contributed by atoms with Crippen molar-refractivity contribution in [1.29, 1.82) is 0 Å². The summed E-state index contributed by atoms with van der Waals surface area (Å²) < 4.78 is 6.38. The highest BCUT2D eigenvalue weighted by molar-refractivity contribution is 4.92. The number of nitrogens with zero attached hydrogens (tertiary/aromatic N) is 1. The van der Waals surface area contributed by atoms with E-state index in [0.29, 0.717) is 0 Å². The summed E-state index contributed by atoms with van der Waals surface area (Å²) in [5, 5.41) is 28.0. The minimum Gasteiger partial charge on any atom is -0.396 e. The summed E-state index contributed by atoms with van der Waals surface area (Å²) in [5.41, 5.74) is -1.24. The van der Waals surface area contributed by atoms with Crippen LogP contribution < -0.4 is 11.2 Å². The Kier molecular flexibility index (Phi) is 3.62. The van der Waals surface area contributed by atoms with Gasteiger partial charge in [0.05, 0.1) is 25.2 Å². The van der Waals surface area contributed by atoms with Gasteiger partial charge in [-0.3, -0.25) is 14.3 Å². The molecule has 2 rings (SSSR count). The third-order valence-corrected chi connectivity index (χ3v) is 3.02. The Morgan fingerprint density at radius 1 is 1.33 bits per heavy atom. The normalized spacial score (nSPS) is 31.7. The Bertz CT molecular complexity index is 524. The molecule has 1 aromatic rings. The van der Waals surface area contributed by atoms with Crippen molar-refractivity contribution in [2.45, 2.75) is 18.4 Å². The molecule has 4 atom stereocenters. The van der Waals surface area contributed by atoms with E-state index in [-0.39, 0.29) is 0 Å². The average molecular weight is 258 g/mol. The van der Waals surface area contributed by atoms with Gasteiger partial charge in [0.15, 0.2) is 0 Å². The van der Waals surface area contributed by atoms with Crippen LogP contribution in [0.25, 0.3) is 0 Å². The summed E-state index contributed by atoms with van der Waals surface area (Å²) >= 11 is 0. The molecule has 1 saturated heterocycles. The summed E-state index contributed by atoms with van der Waals surface area (Å²) in [6.07, 6.45) is -1.65. The maximum Gasteiger partial charge on any atom is 0.330 e. The van der Waals surface area contributed by atoms with Crippen LogP contribution in [-0.4, -0.2) is 50.3 Å². The second-order valence-electron chi connectivity index (χ2n) is 4.10. The van der Waals surface area contributed by atoms with E-state index < -0.39 is 48.8 Å². The molecule has 2 heterocycles. The molecule has 18 heavy (non-hydrogen) atoms. The van der Waals surface area contributed by atoms with Gasteiger partial charge in [-0.05, 0) is 0 Å². The molecule has 1 aliphatic rings. The third-order valence-electron chi connectivity index (χ3n) is 3.02. The molecule has 0 bridgehead atoms. The van der Waals surface area contributed by atoms with Crippen molar-refractivity contribution in [2.75, 3.05) is 13.2 Å². The molecule has 0 amide bonds. The number of hydrogen-bond donors (Lipinski definition) is 4. The number of hydrogen-bond acceptors (Lipinski definition) is 6. The standard InChI is InChI=1S/C10H14N2O6/c13-3-5-8(16)6(4-14)18-9(5)12-2-1-7(15)11-10(12)17/h1-2,5-6,8-9,13-14,16H,3-4H2,(H,11,15,17)/t5?,6-,8?,9-/m1/s1. The monoisotopic (exact) mass is 258 g/mol. The van der Waals surface area contributed by atoms with E-state index in [9.17, 15) is 19.8 Å². The van der Waals surface area contributed by atoms with E-state index in [1.165, 1.54) is 6.20 Å². The van der Waals surface area contributed by atoms with Crippen molar-refractivity contribution in [1.82, 2.24) is 9.55 Å². The Hall–Kier alpha value is -1.48. The first kappa shape index (κ1) is 13.0. The number of H-pyrrole nitrogens is 1. The van der Waals surface area contributed by atoms with Crippen LogP contribution in [0.1, 0.15) is 6.23 Å². The highest BCUT2D eigenvalue weighted by Gasteiger charge is 2.44. The Morgan fingerprint density at radius 2 is 2.06 bits per heavy atom. The largest absolute Gasteiger partial charge is 0.396 e. The van der Waals surface area contributed by atoms with E-state index in [2.05, 4.69) is 4.98 Å². The average Bonchev–Trinajstić information content (AvgIpc) is 2.65. The van der Waals surface area contributed by atoms with Crippen molar-refractivity contribution < 1.29 is 20.1 Å². The van der Waals surface area contributed by atoms with Gasteiger partial charge < -0.3 is 20.1 Å². The van der Waals surface area contributed by atoms with Crippen LogP contribution in [0.5, 0.6) is 0 Å². The highest BCUT2D eigenvalue weighted by atomic mass is 16.5. The van der Waals surface area contributed by atoms with Gasteiger partial charge in [0.25, 0.3) is 5.56 Å². The van der Waals surface area contributed by atoms with Crippen molar-refractivity contribution in [3.05, 3.63) is 33.1 Å². The van der Waals surface area contributed by atoms with E-state index in [1.54, 1.807) is 0 Å². The van der Waals surface area contributed by atoms with Crippen LogP contribution in [0.2, 0.25) is 0 Å². The first-order valence-corrected chi connectivity index (χ1v) is 5.45. The maximum atomic E-state index is 11.6. The Labute approximate surface area is 101 Å². The first-order chi connectivity index (χ1) is 8.58. The second-order valence-corrected chi connectivity index (χ2v) is 4.10. The molecule has 1 aliphatic heterocycles. The lowest BCUT2D eigenvalue weighted by atomic mass is 10.0. The minimum atomic E-state index is -1.08. The summed E-state index contributed by atoms with van der Waals surface area (Å²) in [5.74, 6) is -0.745. The Balaban J connectivity index is 2.38. The van der Waals surface area contributed by atoms with Crippen LogP contribution in [-0.2, 0) is 4.74 Å². The van der Waals surface area contributed by atoms with Gasteiger partial charge in [0.2, 0.25) is 0 Å². The molecule has 8 heteroatoms. The molecule has 2 unspecified atom stereocenters. The molecule has 0 aromatic carbocycles. The number of aromatic amines is 1. The summed E-state index contributed by atoms with van der Waals surface area (Å²) in [6.45, 7) is -0.833. The molecule has 100 valence electrons. The lowest BCUT2D eigenvalue weighted by Gasteiger charge is -2.19. The smallest absolute Gasteiger partial charge is 0.330 e. The summed E-state index contributed by atoms with van der Waals surface area (Å²) in [6, 6.07) is 1.14. The number of rotatable bonds is 3. The topological polar surface area (TPSA) is 125 Å². The van der Waals surface area contributed by atoms with Crippen molar-refractivity contribution in [3.8, 4) is 0 Å². The van der Waals surface area contributed by atoms with E-state index in [4.69, 9.17) is 9.84 Å². The molecule has 1 aromatic heterocycles. The molecule has 1 fully saturated rings. The quantitative estimate of drug-likeness (QED) is 0.471. The van der Waals surface area contributed by atoms with Gasteiger partial charge in [-0.2, -0.15) is 0 Å². The van der Waals surface area contributed by atoms with Crippen molar-refractivity contribution in [3.63, 3.8) is 0 Å². The first-order valence-electron chi connectivity index (χ1n) is 5.45. The summed E-state index contributed by atoms with van der Waals surface area (Å²) in [4.78, 5) is 24.6. The number of ether oxygens (including phenoxy) is 1. The molecular weight excluding hydrogens is 244 g/mol. The highest BCUT2D eigenvalue weighted by Crippen LogP contribution is 2.33. The third kappa shape index (κ3) is 2.10. The maximum absolute atomic E-state index is 11.6. The predicted molar refractivity (Wildman–Crippen MR) is 58.9 cm³/mol. The molecule has 0 aliphatic carbocycles. The van der Waals surface area contributed by atoms with Gasteiger partial charge in [0.1, 0.15) is 12.3 Å². The van der Waals surface area contributed by atoms with E-state index in [0.717, 1.165) is 10.6 Å². The molecule has 8 nitrogen and oxygen atoms in total. The van der Waals surface area contributed by atoms with Crippen LogP contribution in [0.15, 0.2) is 21.9 Å². The van der Waals surface area contributed by atoms with Gasteiger partial charge in [-0.15, -0.1) is 0 Å². The van der Waals surface area contributed by atoms with Crippen LogP contribution in [0.3, 0.4) is 0 Å². The molecule has 4 N–H and O–H groups in total. The van der Waals surface area contributed by atoms with Gasteiger partial charge in [-0.1, -0.05) is 0 Å². The lowest BCUT2D eigenvalue weighted by molar-refractivity contribution is -0.0496. The van der Waals surface area contributed by atoms with Crippen LogP contribution >= 0.6 is 0 Å². The number of aliphatic hydroxyl groups excluding tert-OH is 3. The fraction of sp³-hybridized carbons (Fsp3) is 0.600. The Morgan fingerprint density at radius 3 is 2.61 bits per heavy atom. The molecular formula is C10H14N2O6. The van der Waals surface area contributed by atoms with Gasteiger partial charge >= 0.3 is 5.69 Å².